The molecule has 0 saturated heterocycles. The lowest BCUT2D eigenvalue weighted by Gasteiger charge is -2.10. The van der Waals surface area contributed by atoms with Gasteiger partial charge in [-0.3, -0.25) is 0 Å². The number of nitrogens with two attached hydrogens (primary N) is 1. The van der Waals surface area contributed by atoms with Crippen LogP contribution in [0.15, 0.2) is 0 Å². The average molecular weight is 219 g/mol. The lowest BCUT2D eigenvalue weighted by atomic mass is 9.99. The monoisotopic (exact) mass is 219 g/mol. The molecule has 0 aromatic carbocycles. The molecule has 0 fully saturated rings. The Bertz CT molecular complexity index is 381. The van der Waals surface area contributed by atoms with Crippen molar-refractivity contribution in [2.45, 2.75) is 52.5 Å². The van der Waals surface area contributed by atoms with E-state index in [0.29, 0.717) is 12.5 Å². The van der Waals surface area contributed by atoms with E-state index in [4.69, 9.17) is 12.2 Å². The maximum atomic E-state index is 6.12. The lowest BCUT2D eigenvalue weighted by Crippen LogP contribution is -2.07. The Hall–Kier alpha value is -1.43. The van der Waals surface area contributed by atoms with Crippen molar-refractivity contribution in [2.24, 2.45) is 0 Å². The molecule has 0 saturated carbocycles. The summed E-state index contributed by atoms with van der Waals surface area (Å²) in [7, 11) is 0. The van der Waals surface area contributed by atoms with Gasteiger partial charge in [0.1, 0.15) is 11.6 Å². The molecule has 0 amide bonds. The minimum absolute atomic E-state index is 0.448. The van der Waals surface area contributed by atoms with Crippen molar-refractivity contribution in [1.82, 2.24) is 9.55 Å². The van der Waals surface area contributed by atoms with Crippen LogP contribution < -0.4 is 5.73 Å². The fraction of sp³-hybridized carbons (Fsp3) is 0.615. The topological polar surface area (TPSA) is 43.8 Å². The number of anilines is 1. The Labute approximate surface area is 98.1 Å². The first-order valence-corrected chi connectivity index (χ1v) is 5.97. The Morgan fingerprint density at radius 2 is 2.00 bits per heavy atom. The molecule has 0 atom stereocenters. The van der Waals surface area contributed by atoms with Crippen LogP contribution in [0, 0.1) is 12.3 Å². The van der Waals surface area contributed by atoms with E-state index in [9.17, 15) is 0 Å². The summed E-state index contributed by atoms with van der Waals surface area (Å²) in [6.45, 7) is 6.92. The molecule has 0 aliphatic rings. The first-order valence-electron chi connectivity index (χ1n) is 5.97. The SMILES string of the molecule is C#CCn1c(CC)nc(C(CC)CC)c1N. The highest BCUT2D eigenvalue weighted by atomic mass is 15.1. The zero-order valence-corrected chi connectivity index (χ0v) is 10.5. The van der Waals surface area contributed by atoms with Crippen molar-refractivity contribution in [3.05, 3.63) is 11.5 Å². The lowest BCUT2D eigenvalue weighted by molar-refractivity contribution is 0.627. The number of aryl methyl sites for hydroxylation is 1. The predicted octanol–water partition coefficient (Wildman–Crippen LogP) is 2.56. The third-order valence-corrected chi connectivity index (χ3v) is 3.05. The molecule has 0 bridgehead atoms. The molecule has 0 aliphatic heterocycles. The molecule has 0 unspecified atom stereocenters. The van der Waals surface area contributed by atoms with Crippen molar-refractivity contribution in [3.63, 3.8) is 0 Å². The number of nitrogens with zero attached hydrogens (tertiary/aromatic N) is 2. The van der Waals surface area contributed by atoms with E-state index in [0.717, 1.165) is 36.6 Å². The van der Waals surface area contributed by atoms with Gasteiger partial charge in [0.25, 0.3) is 0 Å². The standard InChI is InChI=1S/C13H21N3/c1-5-9-16-11(8-4)15-12(13(16)14)10(6-2)7-3/h1,10H,6-9,14H2,2-4H3. The number of terminal acetylenes is 1. The summed E-state index contributed by atoms with van der Waals surface area (Å²) in [5.74, 6) is 4.83. The predicted molar refractivity (Wildman–Crippen MR) is 68.2 cm³/mol. The summed E-state index contributed by atoms with van der Waals surface area (Å²) in [6, 6.07) is 0. The average Bonchev–Trinajstić information content (AvgIpc) is 2.60. The highest BCUT2D eigenvalue weighted by Crippen LogP contribution is 2.28. The van der Waals surface area contributed by atoms with E-state index < -0.39 is 0 Å². The van der Waals surface area contributed by atoms with Gasteiger partial charge < -0.3 is 10.3 Å². The third-order valence-electron chi connectivity index (χ3n) is 3.05. The number of hydrogen-bond donors (Lipinski definition) is 1. The number of aromatic nitrogens is 2. The highest BCUT2D eigenvalue weighted by molar-refractivity contribution is 5.41. The van der Waals surface area contributed by atoms with Crippen molar-refractivity contribution in [3.8, 4) is 12.3 Å². The Morgan fingerprint density at radius 1 is 1.38 bits per heavy atom. The molecule has 1 aromatic rings. The zero-order valence-electron chi connectivity index (χ0n) is 10.5. The third kappa shape index (κ3) is 2.21. The molecule has 0 spiro atoms. The highest BCUT2D eigenvalue weighted by Gasteiger charge is 2.18. The van der Waals surface area contributed by atoms with Gasteiger partial charge in [-0.05, 0) is 12.8 Å². The molecule has 0 radical (unpaired) electrons. The van der Waals surface area contributed by atoms with Crippen molar-refractivity contribution in [1.29, 1.82) is 0 Å². The summed E-state index contributed by atoms with van der Waals surface area (Å²) >= 11 is 0. The largest absolute Gasteiger partial charge is 0.384 e. The molecule has 0 aliphatic carbocycles. The van der Waals surface area contributed by atoms with Crippen LogP contribution in [-0.2, 0) is 13.0 Å². The molecular formula is C13H21N3. The minimum Gasteiger partial charge on any atom is -0.384 e. The number of nitrogen functional groups attached to an aromatic ring is 1. The van der Waals surface area contributed by atoms with Gasteiger partial charge in [-0.25, -0.2) is 4.98 Å². The van der Waals surface area contributed by atoms with Gasteiger partial charge in [0.2, 0.25) is 0 Å². The van der Waals surface area contributed by atoms with Crippen LogP contribution in [0.2, 0.25) is 0 Å². The molecule has 2 N–H and O–H groups in total. The summed E-state index contributed by atoms with van der Waals surface area (Å²) in [6.07, 6.45) is 8.35. The summed E-state index contributed by atoms with van der Waals surface area (Å²) < 4.78 is 1.95. The van der Waals surface area contributed by atoms with Crippen molar-refractivity contribution in [2.75, 3.05) is 5.73 Å². The second-order valence-corrected chi connectivity index (χ2v) is 3.96. The molecule has 1 heterocycles. The van der Waals surface area contributed by atoms with E-state index in [2.05, 4.69) is 31.7 Å². The van der Waals surface area contributed by atoms with E-state index in [1.807, 2.05) is 4.57 Å². The fourth-order valence-electron chi connectivity index (χ4n) is 2.05. The maximum Gasteiger partial charge on any atom is 0.127 e. The van der Waals surface area contributed by atoms with Gasteiger partial charge in [0.15, 0.2) is 0 Å². The molecule has 16 heavy (non-hydrogen) atoms. The van der Waals surface area contributed by atoms with Crippen LogP contribution in [0.1, 0.15) is 51.0 Å². The minimum atomic E-state index is 0.448. The molecule has 3 heteroatoms. The first-order chi connectivity index (χ1) is 7.69. The van der Waals surface area contributed by atoms with Crippen LogP contribution in [0.4, 0.5) is 5.82 Å². The van der Waals surface area contributed by atoms with E-state index in [1.165, 1.54) is 0 Å². The molecule has 3 nitrogen and oxygen atoms in total. The number of imidazole rings is 1. The summed E-state index contributed by atoms with van der Waals surface area (Å²) in [5, 5.41) is 0. The Morgan fingerprint density at radius 3 is 2.44 bits per heavy atom. The maximum absolute atomic E-state index is 6.12. The first kappa shape index (κ1) is 12.6. The van der Waals surface area contributed by atoms with Crippen molar-refractivity contribution < 1.29 is 0 Å². The number of rotatable bonds is 5. The van der Waals surface area contributed by atoms with Gasteiger partial charge in [0, 0.05) is 12.3 Å². The van der Waals surface area contributed by atoms with Gasteiger partial charge in [0.05, 0.1) is 12.2 Å². The van der Waals surface area contributed by atoms with Crippen LogP contribution in [0.25, 0.3) is 0 Å². The van der Waals surface area contributed by atoms with Gasteiger partial charge in [-0.15, -0.1) is 6.42 Å². The smallest absolute Gasteiger partial charge is 0.127 e. The van der Waals surface area contributed by atoms with E-state index >= 15 is 0 Å². The van der Waals surface area contributed by atoms with Crippen LogP contribution >= 0.6 is 0 Å². The fourth-order valence-corrected chi connectivity index (χ4v) is 2.05. The molecule has 1 rings (SSSR count). The normalized spacial score (nSPS) is 10.7. The second kappa shape index (κ2) is 5.60. The van der Waals surface area contributed by atoms with E-state index in [1.54, 1.807) is 0 Å². The van der Waals surface area contributed by atoms with Crippen LogP contribution in [0.5, 0.6) is 0 Å². The second-order valence-electron chi connectivity index (χ2n) is 3.96. The molecular weight excluding hydrogens is 198 g/mol. The van der Waals surface area contributed by atoms with Gasteiger partial charge >= 0.3 is 0 Å². The Kier molecular flexibility index (Phi) is 4.42. The van der Waals surface area contributed by atoms with Gasteiger partial charge in [-0.2, -0.15) is 0 Å². The summed E-state index contributed by atoms with van der Waals surface area (Å²) in [5.41, 5.74) is 7.15. The van der Waals surface area contributed by atoms with Crippen molar-refractivity contribution >= 4 is 5.82 Å². The van der Waals surface area contributed by atoms with Crippen LogP contribution in [-0.4, -0.2) is 9.55 Å². The summed E-state index contributed by atoms with van der Waals surface area (Å²) in [4.78, 5) is 4.63. The molecule has 1 aromatic heterocycles. The zero-order chi connectivity index (χ0) is 12.1. The van der Waals surface area contributed by atoms with Gasteiger partial charge in [-0.1, -0.05) is 26.7 Å². The van der Waals surface area contributed by atoms with Crippen LogP contribution in [0.3, 0.4) is 0 Å². The quantitative estimate of drug-likeness (QED) is 0.773. The number of hydrogen-bond acceptors (Lipinski definition) is 2. The van der Waals surface area contributed by atoms with E-state index in [-0.39, 0.29) is 0 Å². The Balaban J connectivity index is 3.17. The molecule has 88 valence electrons.